The van der Waals surface area contributed by atoms with Crippen LogP contribution in [0.3, 0.4) is 0 Å². The number of aliphatic hydroxyl groups excluding tert-OH is 1. The molecule has 0 radical (unpaired) electrons. The Hall–Kier alpha value is -1.26. The van der Waals surface area contributed by atoms with E-state index in [1.54, 1.807) is 0 Å². The van der Waals surface area contributed by atoms with Gasteiger partial charge in [0.15, 0.2) is 11.5 Å². The number of hydrogen-bond acceptors (Lipinski definition) is 4. The lowest BCUT2D eigenvalue weighted by molar-refractivity contribution is 0.224. The molecule has 0 aliphatic carbocycles. The Bertz CT molecular complexity index is 327. The maximum Gasteiger partial charge on any atom is 0.161 e. The Morgan fingerprint density at radius 1 is 1.17 bits per heavy atom. The Morgan fingerprint density at radius 2 is 1.83 bits per heavy atom. The number of aliphatic hydroxyl groups is 1. The second kappa shape index (κ2) is 8.78. The van der Waals surface area contributed by atoms with Crippen LogP contribution in [0.1, 0.15) is 20.3 Å². The highest BCUT2D eigenvalue weighted by Crippen LogP contribution is 2.25. The molecule has 18 heavy (non-hydrogen) atoms. The van der Waals surface area contributed by atoms with Crippen LogP contribution in [0.5, 0.6) is 11.5 Å². The fraction of sp³-hybridized carbons (Fsp3) is 0.571. The monoisotopic (exact) mass is 253 g/mol. The molecule has 0 aliphatic heterocycles. The topological polar surface area (TPSA) is 50.7 Å². The number of hydrogen-bond donors (Lipinski definition) is 2. The summed E-state index contributed by atoms with van der Waals surface area (Å²) in [6.45, 7) is 6.04. The van der Waals surface area contributed by atoms with Crippen molar-refractivity contribution in [2.24, 2.45) is 0 Å². The van der Waals surface area contributed by atoms with Crippen LogP contribution in [0, 0.1) is 0 Å². The average molecular weight is 253 g/mol. The summed E-state index contributed by atoms with van der Waals surface area (Å²) in [5.74, 6) is 1.53. The van der Waals surface area contributed by atoms with E-state index in [0.717, 1.165) is 17.9 Å². The van der Waals surface area contributed by atoms with E-state index in [0.29, 0.717) is 19.8 Å². The van der Waals surface area contributed by atoms with Crippen LogP contribution in [0.25, 0.3) is 0 Å². The van der Waals surface area contributed by atoms with Crippen molar-refractivity contribution in [3.05, 3.63) is 24.3 Å². The van der Waals surface area contributed by atoms with E-state index < -0.39 is 0 Å². The molecule has 1 aromatic carbocycles. The zero-order valence-electron chi connectivity index (χ0n) is 11.2. The molecule has 0 aliphatic rings. The average Bonchev–Trinajstić information content (AvgIpc) is 2.41. The predicted molar refractivity (Wildman–Crippen MR) is 72.3 cm³/mol. The van der Waals surface area contributed by atoms with Crippen LogP contribution < -0.4 is 14.8 Å². The lowest BCUT2D eigenvalue weighted by atomic mass is 10.2. The third kappa shape index (κ3) is 4.94. The van der Waals surface area contributed by atoms with Gasteiger partial charge in [0.25, 0.3) is 0 Å². The molecule has 0 fully saturated rings. The zero-order chi connectivity index (χ0) is 13.2. The molecule has 1 unspecified atom stereocenters. The highest BCUT2D eigenvalue weighted by molar-refractivity contribution is 5.39. The van der Waals surface area contributed by atoms with Gasteiger partial charge in [-0.2, -0.15) is 0 Å². The van der Waals surface area contributed by atoms with Gasteiger partial charge in [-0.15, -0.1) is 0 Å². The minimum Gasteiger partial charge on any atom is -0.490 e. The summed E-state index contributed by atoms with van der Waals surface area (Å²) < 4.78 is 11.1. The van der Waals surface area contributed by atoms with Gasteiger partial charge in [0.05, 0.1) is 13.2 Å². The fourth-order valence-electron chi connectivity index (χ4n) is 1.61. The molecule has 1 aromatic rings. The van der Waals surface area contributed by atoms with Gasteiger partial charge in [-0.25, -0.2) is 0 Å². The number of benzene rings is 1. The van der Waals surface area contributed by atoms with Gasteiger partial charge >= 0.3 is 0 Å². The fourth-order valence-corrected chi connectivity index (χ4v) is 1.61. The standard InChI is InChI=1S/C14H23NO3/c1-3-12(11-16)15-9-10-18-14-8-6-5-7-13(14)17-4-2/h5-8,12,15-16H,3-4,9-11H2,1-2H3. The zero-order valence-corrected chi connectivity index (χ0v) is 11.2. The lowest BCUT2D eigenvalue weighted by Gasteiger charge is -2.15. The van der Waals surface area contributed by atoms with Crippen molar-refractivity contribution in [1.29, 1.82) is 0 Å². The molecular weight excluding hydrogens is 230 g/mol. The summed E-state index contributed by atoms with van der Waals surface area (Å²) in [6, 6.07) is 7.79. The van der Waals surface area contributed by atoms with Crippen LogP contribution in [0.15, 0.2) is 24.3 Å². The smallest absolute Gasteiger partial charge is 0.161 e. The van der Waals surface area contributed by atoms with Gasteiger partial charge < -0.3 is 19.9 Å². The normalized spacial score (nSPS) is 12.2. The number of rotatable bonds is 9. The van der Waals surface area contributed by atoms with E-state index in [2.05, 4.69) is 5.32 Å². The molecule has 1 atom stereocenters. The van der Waals surface area contributed by atoms with Crippen molar-refractivity contribution in [1.82, 2.24) is 5.32 Å². The molecule has 0 spiro atoms. The molecule has 0 saturated carbocycles. The summed E-state index contributed by atoms with van der Waals surface area (Å²) in [5.41, 5.74) is 0. The van der Waals surface area contributed by atoms with E-state index >= 15 is 0 Å². The number of para-hydroxylation sites is 2. The quantitative estimate of drug-likeness (QED) is 0.659. The molecule has 0 bridgehead atoms. The first-order chi connectivity index (χ1) is 8.81. The molecule has 0 amide bonds. The summed E-state index contributed by atoms with van der Waals surface area (Å²) in [5, 5.41) is 12.3. The van der Waals surface area contributed by atoms with Gasteiger partial charge in [0.1, 0.15) is 6.61 Å². The predicted octanol–water partition coefficient (Wildman–Crippen LogP) is 1.82. The molecule has 4 heteroatoms. The molecule has 1 rings (SSSR count). The first-order valence-corrected chi connectivity index (χ1v) is 6.50. The SMILES string of the molecule is CCOc1ccccc1OCCNC(CC)CO. The molecule has 0 heterocycles. The van der Waals surface area contributed by atoms with Crippen molar-refractivity contribution in [3.63, 3.8) is 0 Å². The van der Waals surface area contributed by atoms with Crippen molar-refractivity contribution in [2.75, 3.05) is 26.4 Å². The third-order valence-electron chi connectivity index (χ3n) is 2.65. The molecule has 0 aromatic heterocycles. The first-order valence-electron chi connectivity index (χ1n) is 6.50. The largest absolute Gasteiger partial charge is 0.490 e. The Kier molecular flexibility index (Phi) is 7.22. The van der Waals surface area contributed by atoms with Crippen LogP contribution >= 0.6 is 0 Å². The second-order valence-electron chi connectivity index (χ2n) is 3.97. The summed E-state index contributed by atoms with van der Waals surface area (Å²) in [4.78, 5) is 0. The summed E-state index contributed by atoms with van der Waals surface area (Å²) in [6.07, 6.45) is 0.909. The van der Waals surface area contributed by atoms with E-state index in [1.807, 2.05) is 38.1 Å². The molecule has 102 valence electrons. The van der Waals surface area contributed by atoms with E-state index in [9.17, 15) is 0 Å². The van der Waals surface area contributed by atoms with E-state index in [1.165, 1.54) is 0 Å². The number of nitrogens with one attached hydrogen (secondary N) is 1. The minimum absolute atomic E-state index is 0.149. The van der Waals surface area contributed by atoms with Gasteiger partial charge in [-0.1, -0.05) is 19.1 Å². The third-order valence-corrected chi connectivity index (χ3v) is 2.65. The van der Waals surface area contributed by atoms with Gasteiger partial charge in [-0.3, -0.25) is 0 Å². The van der Waals surface area contributed by atoms with Crippen molar-refractivity contribution >= 4 is 0 Å². The highest BCUT2D eigenvalue weighted by Gasteiger charge is 2.05. The second-order valence-corrected chi connectivity index (χ2v) is 3.97. The van der Waals surface area contributed by atoms with E-state index in [4.69, 9.17) is 14.6 Å². The van der Waals surface area contributed by atoms with Gasteiger partial charge in [0.2, 0.25) is 0 Å². The number of ether oxygens (including phenoxy) is 2. The Balaban J connectivity index is 2.34. The minimum atomic E-state index is 0.149. The van der Waals surface area contributed by atoms with Crippen LogP contribution in [0.2, 0.25) is 0 Å². The summed E-state index contributed by atoms with van der Waals surface area (Å²) in [7, 11) is 0. The molecule has 2 N–H and O–H groups in total. The Labute approximate surface area is 109 Å². The van der Waals surface area contributed by atoms with Crippen molar-refractivity contribution in [3.8, 4) is 11.5 Å². The molecular formula is C14H23NO3. The Morgan fingerprint density at radius 3 is 2.39 bits per heavy atom. The van der Waals surface area contributed by atoms with Crippen molar-refractivity contribution < 1.29 is 14.6 Å². The summed E-state index contributed by atoms with van der Waals surface area (Å²) >= 11 is 0. The molecule has 0 saturated heterocycles. The molecule has 4 nitrogen and oxygen atoms in total. The lowest BCUT2D eigenvalue weighted by Crippen LogP contribution is -2.34. The van der Waals surface area contributed by atoms with Crippen LogP contribution in [-0.4, -0.2) is 37.5 Å². The van der Waals surface area contributed by atoms with Crippen LogP contribution in [0.4, 0.5) is 0 Å². The van der Waals surface area contributed by atoms with E-state index in [-0.39, 0.29) is 12.6 Å². The first kappa shape index (κ1) is 14.8. The van der Waals surface area contributed by atoms with Gasteiger partial charge in [0, 0.05) is 12.6 Å². The maximum absolute atomic E-state index is 9.03. The van der Waals surface area contributed by atoms with Crippen molar-refractivity contribution in [2.45, 2.75) is 26.3 Å². The van der Waals surface area contributed by atoms with Crippen LogP contribution in [-0.2, 0) is 0 Å². The van der Waals surface area contributed by atoms with Gasteiger partial charge in [-0.05, 0) is 25.5 Å². The maximum atomic E-state index is 9.03. The highest BCUT2D eigenvalue weighted by atomic mass is 16.5.